The molecule has 0 aliphatic rings. The first-order valence-corrected chi connectivity index (χ1v) is 6.11. The van der Waals surface area contributed by atoms with E-state index in [0.29, 0.717) is 11.1 Å². The average Bonchev–Trinajstić information content (AvgIpc) is 1.96. The third-order valence-corrected chi connectivity index (χ3v) is 2.49. The molecule has 0 aliphatic carbocycles. The van der Waals surface area contributed by atoms with Crippen LogP contribution in [0.2, 0.25) is 0 Å². The minimum atomic E-state index is -4.79. The monoisotopic (exact) mass is 252 g/mol. The second kappa shape index (κ2) is 5.86. The van der Waals surface area contributed by atoms with Crippen LogP contribution < -0.4 is 0 Å². The van der Waals surface area contributed by atoms with Crippen LogP contribution in [-0.4, -0.2) is 34.6 Å². The van der Waals surface area contributed by atoms with Gasteiger partial charge in [0, 0.05) is 0 Å². The van der Waals surface area contributed by atoms with E-state index in [9.17, 15) is 9.36 Å². The molecular weight excluding hydrogens is 238 g/mol. The van der Waals surface area contributed by atoms with Crippen molar-refractivity contribution in [3.05, 3.63) is 34.4 Å². The molecule has 7 heteroatoms. The molecular formula is C10H14LiO5P. The van der Waals surface area contributed by atoms with E-state index >= 15 is 0 Å². The number of aryl methyl sites for hydroxylation is 3. The summed E-state index contributed by atoms with van der Waals surface area (Å²) in [5, 5.41) is 0. The van der Waals surface area contributed by atoms with Crippen molar-refractivity contribution in [3.63, 3.8) is 0 Å². The molecule has 90 valence electrons. The summed E-state index contributed by atoms with van der Waals surface area (Å²) in [7, 11) is -4.79. The van der Waals surface area contributed by atoms with Crippen LogP contribution in [0.5, 0.6) is 0 Å². The summed E-state index contributed by atoms with van der Waals surface area (Å²) in [6.45, 7) is 5.25. The van der Waals surface area contributed by atoms with Crippen LogP contribution in [0.3, 0.4) is 0 Å². The van der Waals surface area contributed by atoms with Crippen molar-refractivity contribution in [3.8, 4) is 0 Å². The molecule has 17 heavy (non-hydrogen) atoms. The van der Waals surface area contributed by atoms with E-state index in [1.54, 1.807) is 26.0 Å². The first-order valence-electron chi connectivity index (χ1n) is 4.58. The van der Waals surface area contributed by atoms with E-state index in [1.807, 2.05) is 6.92 Å². The molecule has 0 fully saturated rings. The zero-order valence-electron chi connectivity index (χ0n) is 9.22. The summed E-state index contributed by atoms with van der Waals surface area (Å²) in [4.78, 5) is 28.6. The van der Waals surface area contributed by atoms with Gasteiger partial charge in [-0.05, 0) is 31.9 Å². The SMILES string of the molecule is Cc1cc(C)c(C(=O)OP(=O)(O)O)c(C)c1.[LiH]. The number of hydrogen-bond donors (Lipinski definition) is 2. The molecule has 1 rings (SSSR count). The first kappa shape index (κ1) is 16.4. The van der Waals surface area contributed by atoms with Gasteiger partial charge in [-0.3, -0.25) is 9.79 Å². The van der Waals surface area contributed by atoms with Gasteiger partial charge < -0.3 is 4.52 Å². The standard InChI is InChI=1S/C10H13O5P.Li.H/c1-6-4-7(2)9(8(3)5-6)10(11)15-16(12,13)14;;/h4-5H,1-3H3,(H2,12,13,14);;. The van der Waals surface area contributed by atoms with Crippen LogP contribution in [0.25, 0.3) is 0 Å². The van der Waals surface area contributed by atoms with E-state index in [0.717, 1.165) is 5.56 Å². The topological polar surface area (TPSA) is 83.8 Å². The van der Waals surface area contributed by atoms with Crippen molar-refractivity contribution < 1.29 is 23.7 Å². The maximum absolute atomic E-state index is 11.5. The molecule has 0 unspecified atom stereocenters. The number of phosphoric acid groups is 1. The Hall–Kier alpha value is -0.563. The Morgan fingerprint density at radius 1 is 1.18 bits per heavy atom. The van der Waals surface area contributed by atoms with Gasteiger partial charge in [-0.25, -0.2) is 9.36 Å². The van der Waals surface area contributed by atoms with Crippen molar-refractivity contribution >= 4 is 32.7 Å². The summed E-state index contributed by atoms with van der Waals surface area (Å²) < 4.78 is 14.6. The second-order valence-electron chi connectivity index (χ2n) is 3.64. The van der Waals surface area contributed by atoms with Crippen molar-refractivity contribution in [2.45, 2.75) is 20.8 Å². The number of benzene rings is 1. The Morgan fingerprint density at radius 3 is 1.94 bits per heavy atom. The van der Waals surface area contributed by atoms with Gasteiger partial charge in [0.15, 0.2) is 0 Å². The van der Waals surface area contributed by atoms with Crippen LogP contribution in [0, 0.1) is 20.8 Å². The van der Waals surface area contributed by atoms with Gasteiger partial charge in [0.25, 0.3) is 0 Å². The zero-order valence-corrected chi connectivity index (χ0v) is 10.1. The fourth-order valence-corrected chi connectivity index (χ4v) is 1.96. The van der Waals surface area contributed by atoms with Crippen LogP contribution in [0.1, 0.15) is 27.0 Å². The molecule has 0 aliphatic heterocycles. The molecule has 0 spiro atoms. The average molecular weight is 252 g/mol. The van der Waals surface area contributed by atoms with Crippen molar-refractivity contribution in [1.29, 1.82) is 0 Å². The summed E-state index contributed by atoms with van der Waals surface area (Å²) in [5.41, 5.74) is 2.45. The number of carbonyl (C=O) groups excluding carboxylic acids is 1. The molecule has 1 aromatic carbocycles. The molecule has 1 aromatic rings. The maximum atomic E-state index is 11.5. The Kier molecular flexibility index (Phi) is 5.66. The van der Waals surface area contributed by atoms with E-state index < -0.39 is 13.8 Å². The fraction of sp³-hybridized carbons (Fsp3) is 0.300. The van der Waals surface area contributed by atoms with E-state index in [1.165, 1.54) is 0 Å². The molecule has 0 radical (unpaired) electrons. The molecule has 0 atom stereocenters. The van der Waals surface area contributed by atoms with Crippen molar-refractivity contribution in [2.24, 2.45) is 0 Å². The normalized spacial score (nSPS) is 10.6. The third-order valence-electron chi connectivity index (χ3n) is 2.08. The van der Waals surface area contributed by atoms with E-state index in [-0.39, 0.29) is 24.4 Å². The van der Waals surface area contributed by atoms with Crippen molar-refractivity contribution in [1.82, 2.24) is 0 Å². The van der Waals surface area contributed by atoms with E-state index in [2.05, 4.69) is 4.52 Å². The number of rotatable bonds is 2. The molecule has 5 nitrogen and oxygen atoms in total. The van der Waals surface area contributed by atoms with Gasteiger partial charge in [-0.2, -0.15) is 0 Å². The summed E-state index contributed by atoms with van der Waals surface area (Å²) >= 11 is 0. The quantitative estimate of drug-likeness (QED) is 0.610. The van der Waals surface area contributed by atoms with Gasteiger partial charge in [0.2, 0.25) is 0 Å². The summed E-state index contributed by atoms with van der Waals surface area (Å²) in [6.07, 6.45) is 0. The van der Waals surface area contributed by atoms with Gasteiger partial charge in [-0.15, -0.1) is 0 Å². The Bertz CT molecular complexity index is 457. The molecule has 0 bridgehead atoms. The second-order valence-corrected chi connectivity index (χ2v) is 4.81. The number of hydrogen-bond acceptors (Lipinski definition) is 3. The van der Waals surface area contributed by atoms with Gasteiger partial charge in [-0.1, -0.05) is 17.7 Å². The fourth-order valence-electron chi connectivity index (χ4n) is 1.66. The van der Waals surface area contributed by atoms with Gasteiger partial charge >= 0.3 is 32.7 Å². The summed E-state index contributed by atoms with van der Waals surface area (Å²) in [5.74, 6) is -0.997. The van der Waals surface area contributed by atoms with Crippen molar-refractivity contribution in [2.75, 3.05) is 0 Å². The molecule has 0 aromatic heterocycles. The zero-order chi connectivity index (χ0) is 12.5. The van der Waals surface area contributed by atoms with Crippen LogP contribution in [0.15, 0.2) is 12.1 Å². The van der Waals surface area contributed by atoms with Gasteiger partial charge in [0.05, 0.1) is 5.56 Å². The Labute approximate surface area is 112 Å². The van der Waals surface area contributed by atoms with Gasteiger partial charge in [0.1, 0.15) is 0 Å². The molecule has 2 N–H and O–H groups in total. The minimum absolute atomic E-state index is 0. The summed E-state index contributed by atoms with van der Waals surface area (Å²) in [6, 6.07) is 3.51. The Morgan fingerprint density at radius 2 is 1.59 bits per heavy atom. The van der Waals surface area contributed by atoms with E-state index in [4.69, 9.17) is 9.79 Å². The molecule has 0 amide bonds. The van der Waals surface area contributed by atoms with Crippen LogP contribution >= 0.6 is 7.82 Å². The van der Waals surface area contributed by atoms with Crippen LogP contribution in [0.4, 0.5) is 0 Å². The number of carbonyl (C=O) groups is 1. The predicted molar refractivity (Wildman–Crippen MR) is 65.3 cm³/mol. The third kappa shape index (κ3) is 4.67. The molecule has 0 saturated carbocycles. The van der Waals surface area contributed by atoms with Crippen LogP contribution in [-0.2, 0) is 9.09 Å². The molecule has 0 heterocycles. The number of phosphoric ester groups is 1. The predicted octanol–water partition coefficient (Wildman–Crippen LogP) is 1.21. The molecule has 0 saturated heterocycles. The Balaban J connectivity index is 0.00000256. The first-order chi connectivity index (χ1) is 7.20.